The molecule has 5 nitrogen and oxygen atoms in total. The van der Waals surface area contributed by atoms with Gasteiger partial charge in [0.25, 0.3) is 0 Å². The van der Waals surface area contributed by atoms with E-state index < -0.39 is 10.0 Å². The van der Waals surface area contributed by atoms with Gasteiger partial charge >= 0.3 is 0 Å². The van der Waals surface area contributed by atoms with Crippen LogP contribution in [-0.4, -0.2) is 45.7 Å². The maximum Gasteiger partial charge on any atom is 0.240 e. The molecular weight excluding hydrogens is 348 g/mol. The maximum atomic E-state index is 12.8. The number of benzene rings is 2. The molecule has 0 unspecified atom stereocenters. The largest absolute Gasteiger partial charge is 0.379 e. The molecule has 1 heterocycles. The lowest BCUT2D eigenvalue weighted by molar-refractivity contribution is 0.0105. The van der Waals surface area contributed by atoms with Crippen LogP contribution < -0.4 is 4.72 Å². The second-order valence-electron chi connectivity index (χ2n) is 6.73. The molecule has 1 fully saturated rings. The van der Waals surface area contributed by atoms with Gasteiger partial charge in [-0.25, -0.2) is 13.1 Å². The van der Waals surface area contributed by atoms with Gasteiger partial charge < -0.3 is 4.74 Å². The summed E-state index contributed by atoms with van der Waals surface area (Å²) in [7, 11) is -3.58. The van der Waals surface area contributed by atoms with Crippen LogP contribution in [0.5, 0.6) is 0 Å². The van der Waals surface area contributed by atoms with E-state index >= 15 is 0 Å². The fourth-order valence-corrected chi connectivity index (χ4v) is 4.67. The Balaban J connectivity index is 1.85. The minimum Gasteiger partial charge on any atom is -0.379 e. The molecule has 26 heavy (non-hydrogen) atoms. The van der Waals surface area contributed by atoms with E-state index in [1.807, 2.05) is 44.2 Å². The van der Waals surface area contributed by atoms with Gasteiger partial charge in [-0.2, -0.15) is 0 Å². The van der Waals surface area contributed by atoms with E-state index in [4.69, 9.17) is 4.74 Å². The zero-order valence-electron chi connectivity index (χ0n) is 15.3. The summed E-state index contributed by atoms with van der Waals surface area (Å²) in [5, 5.41) is 0. The number of hydrogen-bond acceptors (Lipinski definition) is 4. The van der Waals surface area contributed by atoms with Crippen molar-refractivity contribution < 1.29 is 13.2 Å². The lowest BCUT2D eigenvalue weighted by atomic mass is 9.99. The third kappa shape index (κ3) is 4.51. The second-order valence-corrected chi connectivity index (χ2v) is 8.44. The van der Waals surface area contributed by atoms with Crippen molar-refractivity contribution >= 4 is 10.0 Å². The van der Waals surface area contributed by atoms with Crippen molar-refractivity contribution in [1.29, 1.82) is 0 Å². The van der Waals surface area contributed by atoms with Gasteiger partial charge in [0.2, 0.25) is 10.0 Å². The summed E-state index contributed by atoms with van der Waals surface area (Å²) in [6.07, 6.45) is 0. The summed E-state index contributed by atoms with van der Waals surface area (Å²) in [6, 6.07) is 16.7. The molecular formula is C20H26N2O3S. The molecule has 0 saturated carbocycles. The van der Waals surface area contributed by atoms with Crippen molar-refractivity contribution in [1.82, 2.24) is 9.62 Å². The summed E-state index contributed by atoms with van der Waals surface area (Å²) in [4.78, 5) is 2.59. The van der Waals surface area contributed by atoms with E-state index in [2.05, 4.69) is 21.8 Å². The number of ether oxygens (including phenoxy) is 1. The predicted octanol–water partition coefficient (Wildman–Crippen LogP) is 2.74. The first-order valence-corrected chi connectivity index (χ1v) is 10.4. The Morgan fingerprint density at radius 2 is 1.62 bits per heavy atom. The van der Waals surface area contributed by atoms with E-state index in [1.54, 1.807) is 12.1 Å². The van der Waals surface area contributed by atoms with Gasteiger partial charge in [-0.05, 0) is 31.5 Å². The molecule has 1 aliphatic heterocycles. The molecule has 2 aromatic carbocycles. The van der Waals surface area contributed by atoms with Gasteiger partial charge in [0.15, 0.2) is 0 Å². The summed E-state index contributed by atoms with van der Waals surface area (Å²) >= 11 is 0. The Bertz CT molecular complexity index is 801. The lowest BCUT2D eigenvalue weighted by Crippen LogP contribution is -2.48. The first-order valence-electron chi connectivity index (χ1n) is 8.93. The number of hydrogen-bond donors (Lipinski definition) is 1. The highest BCUT2D eigenvalue weighted by atomic mass is 32.2. The van der Waals surface area contributed by atoms with E-state index in [9.17, 15) is 8.42 Å². The Morgan fingerprint density at radius 1 is 1.00 bits per heavy atom. The Kier molecular flexibility index (Phi) is 6.09. The molecule has 0 aliphatic carbocycles. The van der Waals surface area contributed by atoms with Gasteiger partial charge in [-0.3, -0.25) is 4.90 Å². The minimum atomic E-state index is -3.58. The number of nitrogens with zero attached hydrogens (tertiary/aromatic N) is 1. The smallest absolute Gasteiger partial charge is 0.240 e. The van der Waals surface area contributed by atoms with Crippen molar-refractivity contribution in [2.75, 3.05) is 26.3 Å². The quantitative estimate of drug-likeness (QED) is 0.845. The molecule has 140 valence electrons. The van der Waals surface area contributed by atoms with Crippen LogP contribution in [0.15, 0.2) is 59.5 Å². The Morgan fingerprint density at radius 3 is 2.23 bits per heavy atom. The van der Waals surface area contributed by atoms with Crippen LogP contribution in [0.25, 0.3) is 0 Å². The first-order chi connectivity index (χ1) is 12.5. The van der Waals surface area contributed by atoms with Crippen LogP contribution in [0.2, 0.25) is 0 Å². The van der Waals surface area contributed by atoms with Crippen molar-refractivity contribution in [3.63, 3.8) is 0 Å². The summed E-state index contributed by atoms with van der Waals surface area (Å²) in [6.45, 7) is 6.78. The molecule has 0 amide bonds. The summed E-state index contributed by atoms with van der Waals surface area (Å²) < 4.78 is 34.0. The molecule has 2 atom stereocenters. The van der Waals surface area contributed by atoms with Gasteiger partial charge in [-0.15, -0.1) is 0 Å². The highest BCUT2D eigenvalue weighted by molar-refractivity contribution is 7.89. The molecule has 1 aliphatic rings. The van der Waals surface area contributed by atoms with Crippen LogP contribution in [0, 0.1) is 6.92 Å². The van der Waals surface area contributed by atoms with E-state index in [0.29, 0.717) is 18.1 Å². The monoisotopic (exact) mass is 374 g/mol. The van der Waals surface area contributed by atoms with Crippen LogP contribution in [0.3, 0.4) is 0 Å². The molecule has 3 rings (SSSR count). The fraction of sp³-hybridized carbons (Fsp3) is 0.400. The number of nitrogens with one attached hydrogen (secondary N) is 1. The van der Waals surface area contributed by atoms with Gasteiger partial charge in [-0.1, -0.05) is 48.0 Å². The second kappa shape index (κ2) is 8.31. The molecule has 0 bridgehead atoms. The summed E-state index contributed by atoms with van der Waals surface area (Å²) in [5.41, 5.74) is 2.14. The third-order valence-electron chi connectivity index (χ3n) is 4.73. The molecule has 6 heteroatoms. The average Bonchev–Trinajstić information content (AvgIpc) is 2.63. The van der Waals surface area contributed by atoms with E-state index in [0.717, 1.165) is 24.2 Å². The molecule has 0 radical (unpaired) electrons. The number of sulfonamides is 1. The topological polar surface area (TPSA) is 58.6 Å². The highest BCUT2D eigenvalue weighted by Gasteiger charge is 2.30. The van der Waals surface area contributed by atoms with E-state index in [-0.39, 0.29) is 12.1 Å². The number of aryl methyl sites for hydroxylation is 1. The maximum absolute atomic E-state index is 12.8. The molecule has 0 aromatic heterocycles. The molecule has 0 spiro atoms. The third-order valence-corrected chi connectivity index (χ3v) is 6.30. The Hall–Kier alpha value is -1.73. The highest BCUT2D eigenvalue weighted by Crippen LogP contribution is 2.26. The predicted molar refractivity (Wildman–Crippen MR) is 103 cm³/mol. The zero-order valence-corrected chi connectivity index (χ0v) is 16.1. The van der Waals surface area contributed by atoms with Gasteiger partial charge in [0, 0.05) is 19.1 Å². The van der Waals surface area contributed by atoms with Crippen molar-refractivity contribution in [3.05, 3.63) is 65.7 Å². The van der Waals surface area contributed by atoms with E-state index in [1.165, 1.54) is 0 Å². The fourth-order valence-electron chi connectivity index (χ4n) is 3.42. The summed E-state index contributed by atoms with van der Waals surface area (Å²) in [5.74, 6) is 0. The van der Waals surface area contributed by atoms with Gasteiger partial charge in [0.1, 0.15) is 0 Å². The van der Waals surface area contributed by atoms with Crippen LogP contribution in [0.4, 0.5) is 0 Å². The van der Waals surface area contributed by atoms with Crippen molar-refractivity contribution in [3.8, 4) is 0 Å². The lowest BCUT2D eigenvalue weighted by Gasteiger charge is -2.38. The van der Waals surface area contributed by atoms with Gasteiger partial charge in [0.05, 0.1) is 24.2 Å². The standard InChI is InChI=1S/C20H26N2O3S/c1-16-8-10-19(11-9-16)26(23,24)21-17(2)20(18-6-4-3-5-7-18)22-12-14-25-15-13-22/h3-11,17,20-21H,12-15H2,1-2H3/t17-,20+/m0/s1. The average molecular weight is 375 g/mol. The SMILES string of the molecule is Cc1ccc(S(=O)(=O)N[C@@H](C)[C@H](c2ccccc2)N2CCOCC2)cc1. The van der Waals surface area contributed by atoms with Crippen molar-refractivity contribution in [2.45, 2.75) is 30.8 Å². The number of rotatable bonds is 6. The molecule has 2 aromatic rings. The van der Waals surface area contributed by atoms with Crippen LogP contribution in [-0.2, 0) is 14.8 Å². The Labute approximate surface area is 156 Å². The zero-order chi connectivity index (χ0) is 18.6. The normalized spacial score (nSPS) is 18.4. The van der Waals surface area contributed by atoms with Crippen molar-refractivity contribution in [2.24, 2.45) is 0 Å². The van der Waals surface area contributed by atoms with Crippen LogP contribution >= 0.6 is 0 Å². The number of morpholine rings is 1. The van der Waals surface area contributed by atoms with Crippen LogP contribution in [0.1, 0.15) is 24.1 Å². The molecule has 1 saturated heterocycles. The minimum absolute atomic E-state index is 0.0414. The first kappa shape index (κ1) is 19.0. The molecule has 1 N–H and O–H groups in total.